The molecular formula is C8H14N2S. The van der Waals surface area contributed by atoms with E-state index in [1.54, 1.807) is 0 Å². The van der Waals surface area contributed by atoms with Crippen LogP contribution in [0.25, 0.3) is 0 Å². The van der Waals surface area contributed by atoms with E-state index in [-0.39, 0.29) is 5.41 Å². The minimum absolute atomic E-state index is 0.157. The fourth-order valence-corrected chi connectivity index (χ4v) is 2.05. The van der Waals surface area contributed by atoms with Crippen molar-refractivity contribution in [1.82, 2.24) is 4.57 Å². The zero-order chi connectivity index (χ0) is 8.65. The van der Waals surface area contributed by atoms with Crippen LogP contribution >= 0.6 is 11.3 Å². The molecule has 0 aliphatic rings. The molecule has 0 saturated carbocycles. The maximum absolute atomic E-state index is 7.50. The van der Waals surface area contributed by atoms with Gasteiger partial charge in [-0.05, 0) is 0 Å². The first kappa shape index (κ1) is 8.53. The fraction of sp³-hybridized carbons (Fsp3) is 0.625. The molecule has 0 amide bonds. The maximum atomic E-state index is 7.50. The molecule has 0 atom stereocenters. The van der Waals surface area contributed by atoms with E-state index < -0.39 is 0 Å². The highest BCUT2D eigenvalue weighted by Crippen LogP contribution is 2.21. The van der Waals surface area contributed by atoms with Crippen LogP contribution in [0.3, 0.4) is 0 Å². The highest BCUT2D eigenvalue weighted by atomic mass is 32.1. The van der Waals surface area contributed by atoms with Crippen molar-refractivity contribution in [2.75, 3.05) is 0 Å². The minimum Gasteiger partial charge on any atom is -0.324 e. The van der Waals surface area contributed by atoms with Crippen molar-refractivity contribution in [2.45, 2.75) is 26.2 Å². The van der Waals surface area contributed by atoms with Crippen LogP contribution in [0.4, 0.5) is 0 Å². The highest BCUT2D eigenvalue weighted by Gasteiger charge is 2.17. The Morgan fingerprint density at radius 1 is 1.45 bits per heavy atom. The zero-order valence-electron chi connectivity index (χ0n) is 7.43. The van der Waals surface area contributed by atoms with Crippen molar-refractivity contribution in [2.24, 2.45) is 7.05 Å². The van der Waals surface area contributed by atoms with Crippen LogP contribution in [0.2, 0.25) is 0 Å². The van der Waals surface area contributed by atoms with Gasteiger partial charge in [-0.3, -0.25) is 5.41 Å². The Morgan fingerprint density at radius 3 is 2.18 bits per heavy atom. The first-order valence-corrected chi connectivity index (χ1v) is 4.50. The monoisotopic (exact) mass is 170 g/mol. The van der Waals surface area contributed by atoms with Crippen molar-refractivity contribution in [1.29, 1.82) is 5.41 Å². The van der Waals surface area contributed by atoms with Gasteiger partial charge in [0.05, 0.1) is 0 Å². The maximum Gasteiger partial charge on any atom is 0.181 e. The average molecular weight is 170 g/mol. The van der Waals surface area contributed by atoms with Crippen molar-refractivity contribution in [3.05, 3.63) is 15.9 Å². The Labute approximate surface area is 71.0 Å². The van der Waals surface area contributed by atoms with Crippen molar-refractivity contribution < 1.29 is 0 Å². The summed E-state index contributed by atoms with van der Waals surface area (Å²) in [4.78, 5) is 0.620. The lowest BCUT2D eigenvalue weighted by molar-refractivity contribution is 0.536. The molecule has 0 aliphatic heterocycles. The molecule has 0 radical (unpaired) electrons. The molecule has 0 spiro atoms. The van der Waals surface area contributed by atoms with E-state index in [0.29, 0.717) is 4.80 Å². The molecule has 0 saturated heterocycles. The Bertz CT molecular complexity index is 301. The van der Waals surface area contributed by atoms with Crippen LogP contribution in [0, 0.1) is 5.41 Å². The summed E-state index contributed by atoms with van der Waals surface area (Å²) >= 11 is 1.49. The van der Waals surface area contributed by atoms with E-state index in [1.807, 2.05) is 11.6 Å². The van der Waals surface area contributed by atoms with E-state index in [1.165, 1.54) is 17.0 Å². The SMILES string of the molecule is Cn1c(C(C)(C)C)csc1=N. The predicted octanol–water partition coefficient (Wildman–Crippen LogP) is 1.86. The summed E-state index contributed by atoms with van der Waals surface area (Å²) < 4.78 is 1.94. The number of nitrogens with zero attached hydrogens (tertiary/aromatic N) is 1. The van der Waals surface area contributed by atoms with Gasteiger partial charge >= 0.3 is 0 Å². The first-order chi connectivity index (χ1) is 4.93. The standard InChI is InChI=1S/C8H14N2S/c1-8(2,3)6-5-11-7(9)10(6)4/h5,9H,1-4H3. The lowest BCUT2D eigenvalue weighted by Gasteiger charge is -2.18. The number of hydrogen-bond acceptors (Lipinski definition) is 2. The van der Waals surface area contributed by atoms with E-state index >= 15 is 0 Å². The van der Waals surface area contributed by atoms with Crippen LogP contribution < -0.4 is 4.80 Å². The number of hydrogen-bond donors (Lipinski definition) is 1. The van der Waals surface area contributed by atoms with Crippen molar-refractivity contribution >= 4 is 11.3 Å². The molecule has 1 aromatic rings. The molecule has 1 rings (SSSR count). The van der Waals surface area contributed by atoms with E-state index in [2.05, 4.69) is 26.2 Å². The number of thiazole rings is 1. The van der Waals surface area contributed by atoms with Gasteiger partial charge in [0, 0.05) is 23.5 Å². The number of aromatic nitrogens is 1. The molecule has 2 nitrogen and oxygen atoms in total. The van der Waals surface area contributed by atoms with Gasteiger partial charge in [-0.2, -0.15) is 0 Å². The molecule has 0 bridgehead atoms. The molecule has 62 valence electrons. The first-order valence-electron chi connectivity index (χ1n) is 3.62. The summed E-state index contributed by atoms with van der Waals surface area (Å²) in [6, 6.07) is 0. The van der Waals surface area contributed by atoms with E-state index in [4.69, 9.17) is 5.41 Å². The van der Waals surface area contributed by atoms with Gasteiger partial charge in [-0.1, -0.05) is 20.8 Å². The molecule has 3 heteroatoms. The smallest absolute Gasteiger partial charge is 0.181 e. The summed E-state index contributed by atoms with van der Waals surface area (Å²) in [5.41, 5.74) is 1.39. The molecule has 1 heterocycles. The molecule has 0 aromatic carbocycles. The van der Waals surface area contributed by atoms with Gasteiger partial charge in [-0.15, -0.1) is 11.3 Å². The number of nitrogens with one attached hydrogen (secondary N) is 1. The van der Waals surface area contributed by atoms with Gasteiger partial charge in [0.2, 0.25) is 0 Å². The third-order valence-corrected chi connectivity index (χ3v) is 2.55. The second-order valence-electron chi connectivity index (χ2n) is 3.74. The number of rotatable bonds is 0. The Kier molecular flexibility index (Phi) is 1.92. The van der Waals surface area contributed by atoms with Gasteiger partial charge in [-0.25, -0.2) is 0 Å². The third kappa shape index (κ3) is 1.53. The molecule has 0 aliphatic carbocycles. The largest absolute Gasteiger partial charge is 0.324 e. The minimum atomic E-state index is 0.157. The second kappa shape index (κ2) is 2.48. The molecule has 1 N–H and O–H groups in total. The van der Waals surface area contributed by atoms with Crippen LogP contribution in [0.15, 0.2) is 5.38 Å². The summed E-state index contributed by atoms with van der Waals surface area (Å²) in [5, 5.41) is 9.56. The lowest BCUT2D eigenvalue weighted by atomic mass is 9.93. The topological polar surface area (TPSA) is 28.8 Å². The quantitative estimate of drug-likeness (QED) is 0.616. The van der Waals surface area contributed by atoms with Gasteiger partial charge in [0.25, 0.3) is 0 Å². The molecule has 1 aromatic heterocycles. The second-order valence-corrected chi connectivity index (χ2v) is 4.59. The highest BCUT2D eigenvalue weighted by molar-refractivity contribution is 7.07. The van der Waals surface area contributed by atoms with Crippen LogP contribution in [-0.4, -0.2) is 4.57 Å². The Hall–Kier alpha value is -0.570. The average Bonchev–Trinajstić information content (AvgIpc) is 2.11. The van der Waals surface area contributed by atoms with Crippen LogP contribution in [0.1, 0.15) is 26.5 Å². The Balaban J connectivity index is 3.26. The van der Waals surface area contributed by atoms with Crippen molar-refractivity contribution in [3.63, 3.8) is 0 Å². The van der Waals surface area contributed by atoms with Gasteiger partial charge in [0.15, 0.2) is 4.80 Å². The molecule has 0 fully saturated rings. The van der Waals surface area contributed by atoms with E-state index in [0.717, 1.165) is 0 Å². The Morgan fingerprint density at radius 2 is 2.00 bits per heavy atom. The van der Waals surface area contributed by atoms with Gasteiger partial charge in [0.1, 0.15) is 0 Å². The normalized spacial score (nSPS) is 12.0. The predicted molar refractivity (Wildman–Crippen MR) is 47.8 cm³/mol. The fourth-order valence-electron chi connectivity index (χ4n) is 1.06. The third-order valence-electron chi connectivity index (χ3n) is 1.72. The summed E-state index contributed by atoms with van der Waals surface area (Å²) in [5.74, 6) is 0. The summed E-state index contributed by atoms with van der Waals surface area (Å²) in [6.45, 7) is 6.48. The molecule has 11 heavy (non-hydrogen) atoms. The summed E-state index contributed by atoms with van der Waals surface area (Å²) in [6.07, 6.45) is 0. The van der Waals surface area contributed by atoms with E-state index in [9.17, 15) is 0 Å². The van der Waals surface area contributed by atoms with Crippen molar-refractivity contribution in [3.8, 4) is 0 Å². The molecular weight excluding hydrogens is 156 g/mol. The van der Waals surface area contributed by atoms with Gasteiger partial charge < -0.3 is 4.57 Å². The summed E-state index contributed by atoms with van der Waals surface area (Å²) in [7, 11) is 1.94. The van der Waals surface area contributed by atoms with Crippen LogP contribution in [-0.2, 0) is 12.5 Å². The molecule has 0 unspecified atom stereocenters. The zero-order valence-corrected chi connectivity index (χ0v) is 8.25. The lowest BCUT2D eigenvalue weighted by Crippen LogP contribution is -2.20. The van der Waals surface area contributed by atoms with Crippen LogP contribution in [0.5, 0.6) is 0 Å².